The summed E-state index contributed by atoms with van der Waals surface area (Å²) >= 11 is 0. The average molecular weight is 318 g/mol. The summed E-state index contributed by atoms with van der Waals surface area (Å²) in [6, 6.07) is 6.68. The zero-order chi connectivity index (χ0) is 16.9. The van der Waals surface area contributed by atoms with E-state index in [2.05, 4.69) is 10.6 Å². The highest BCUT2D eigenvalue weighted by molar-refractivity contribution is 6.04. The molecule has 0 aliphatic heterocycles. The third kappa shape index (κ3) is 3.88. The molecule has 23 heavy (non-hydrogen) atoms. The highest BCUT2D eigenvalue weighted by Crippen LogP contribution is 2.39. The van der Waals surface area contributed by atoms with E-state index in [-0.39, 0.29) is 18.2 Å². The van der Waals surface area contributed by atoms with Crippen molar-refractivity contribution in [2.45, 2.75) is 38.5 Å². The number of carboxylic acid groups (broad SMARTS) is 1. The van der Waals surface area contributed by atoms with Gasteiger partial charge in [-0.05, 0) is 25.0 Å². The van der Waals surface area contributed by atoms with E-state index in [9.17, 15) is 19.5 Å². The molecule has 2 rings (SSSR count). The van der Waals surface area contributed by atoms with Gasteiger partial charge in [0, 0.05) is 13.5 Å². The summed E-state index contributed by atoms with van der Waals surface area (Å²) in [5.74, 6) is -1.58. The second-order valence-corrected chi connectivity index (χ2v) is 6.00. The third-order valence-corrected chi connectivity index (χ3v) is 4.44. The molecule has 6 nitrogen and oxygen atoms in total. The van der Waals surface area contributed by atoms with Crippen molar-refractivity contribution >= 4 is 23.5 Å². The Labute approximate surface area is 135 Å². The van der Waals surface area contributed by atoms with Crippen molar-refractivity contribution < 1.29 is 19.5 Å². The van der Waals surface area contributed by atoms with Crippen LogP contribution < -0.4 is 10.6 Å². The van der Waals surface area contributed by atoms with Gasteiger partial charge in [-0.3, -0.25) is 14.4 Å². The first-order chi connectivity index (χ1) is 11.0. The molecule has 0 aromatic heterocycles. The van der Waals surface area contributed by atoms with Crippen molar-refractivity contribution in [2.75, 3.05) is 12.4 Å². The summed E-state index contributed by atoms with van der Waals surface area (Å²) in [6.07, 6.45) is 3.64. The fourth-order valence-electron chi connectivity index (χ4n) is 3.12. The first-order valence-corrected chi connectivity index (χ1v) is 7.83. The second kappa shape index (κ2) is 7.26. The molecule has 0 unspecified atom stereocenters. The van der Waals surface area contributed by atoms with Crippen LogP contribution in [0.3, 0.4) is 0 Å². The predicted octanol–water partition coefficient (Wildman–Crippen LogP) is 2.41. The lowest BCUT2D eigenvalue weighted by atomic mass is 9.71. The first kappa shape index (κ1) is 17.0. The number of benzene rings is 1. The van der Waals surface area contributed by atoms with Crippen LogP contribution in [-0.2, 0) is 9.59 Å². The summed E-state index contributed by atoms with van der Waals surface area (Å²) in [6.45, 7) is 0. The van der Waals surface area contributed by atoms with Crippen molar-refractivity contribution in [3.63, 3.8) is 0 Å². The number of hydrogen-bond acceptors (Lipinski definition) is 3. The van der Waals surface area contributed by atoms with Crippen LogP contribution in [0.25, 0.3) is 0 Å². The van der Waals surface area contributed by atoms with Gasteiger partial charge < -0.3 is 15.7 Å². The van der Waals surface area contributed by atoms with E-state index >= 15 is 0 Å². The minimum atomic E-state index is -0.982. The van der Waals surface area contributed by atoms with Gasteiger partial charge in [-0.15, -0.1) is 0 Å². The molecule has 2 amide bonds. The molecule has 6 heteroatoms. The quantitative estimate of drug-likeness (QED) is 0.777. The van der Waals surface area contributed by atoms with Crippen molar-refractivity contribution in [1.29, 1.82) is 0 Å². The molecule has 1 aromatic carbocycles. The molecule has 0 heterocycles. The maximum atomic E-state index is 12.3. The number of anilines is 1. The van der Waals surface area contributed by atoms with Crippen molar-refractivity contribution in [3.8, 4) is 0 Å². The van der Waals surface area contributed by atoms with E-state index in [1.807, 2.05) is 0 Å². The van der Waals surface area contributed by atoms with Crippen molar-refractivity contribution in [2.24, 2.45) is 5.41 Å². The van der Waals surface area contributed by atoms with E-state index in [4.69, 9.17) is 0 Å². The maximum absolute atomic E-state index is 12.3. The number of nitrogens with one attached hydrogen (secondary N) is 2. The zero-order valence-electron chi connectivity index (χ0n) is 13.2. The van der Waals surface area contributed by atoms with Crippen LogP contribution in [0.2, 0.25) is 0 Å². The second-order valence-electron chi connectivity index (χ2n) is 6.00. The number of carbonyl (C=O) groups is 3. The lowest BCUT2D eigenvalue weighted by molar-refractivity contribution is -0.153. The predicted molar refractivity (Wildman–Crippen MR) is 86.2 cm³/mol. The number of carbonyl (C=O) groups excluding carboxylic acids is 2. The smallest absolute Gasteiger partial charge is 0.310 e. The van der Waals surface area contributed by atoms with Crippen molar-refractivity contribution in [1.82, 2.24) is 5.32 Å². The highest BCUT2D eigenvalue weighted by Gasteiger charge is 2.41. The van der Waals surface area contributed by atoms with Gasteiger partial charge in [-0.1, -0.05) is 31.4 Å². The Morgan fingerprint density at radius 3 is 2.39 bits per heavy atom. The number of rotatable bonds is 5. The third-order valence-electron chi connectivity index (χ3n) is 4.44. The number of aliphatic carboxylic acids is 1. The van der Waals surface area contributed by atoms with Gasteiger partial charge in [0.25, 0.3) is 5.91 Å². The van der Waals surface area contributed by atoms with E-state index < -0.39 is 11.4 Å². The lowest BCUT2D eigenvalue weighted by Gasteiger charge is -2.32. The van der Waals surface area contributed by atoms with Crippen LogP contribution in [0.4, 0.5) is 5.69 Å². The Morgan fingerprint density at radius 1 is 1.13 bits per heavy atom. The molecule has 0 atom stereocenters. The van der Waals surface area contributed by atoms with Crippen LogP contribution >= 0.6 is 0 Å². The number of hydrogen-bond donors (Lipinski definition) is 3. The van der Waals surface area contributed by atoms with E-state index in [1.165, 1.54) is 7.05 Å². The molecule has 1 aliphatic carbocycles. The normalized spacial score (nSPS) is 16.4. The summed E-state index contributed by atoms with van der Waals surface area (Å²) in [7, 11) is 1.52. The fraction of sp³-hybridized carbons (Fsp3) is 0.471. The number of amides is 2. The molecule has 1 aliphatic rings. The van der Waals surface area contributed by atoms with Gasteiger partial charge in [-0.2, -0.15) is 0 Å². The van der Waals surface area contributed by atoms with E-state index in [0.29, 0.717) is 24.1 Å². The molecule has 0 spiro atoms. The van der Waals surface area contributed by atoms with Gasteiger partial charge in [0.1, 0.15) is 0 Å². The molecule has 1 saturated carbocycles. The average Bonchev–Trinajstić information content (AvgIpc) is 2.55. The molecular weight excluding hydrogens is 296 g/mol. The van der Waals surface area contributed by atoms with E-state index in [1.54, 1.807) is 24.3 Å². The minimum absolute atomic E-state index is 0.0651. The Hall–Kier alpha value is -2.37. The summed E-state index contributed by atoms with van der Waals surface area (Å²) < 4.78 is 0. The largest absolute Gasteiger partial charge is 0.481 e. The van der Waals surface area contributed by atoms with Crippen LogP contribution in [0.5, 0.6) is 0 Å². The SMILES string of the molecule is CNC(=O)c1ccccc1NC(=O)CC1(C(=O)O)CCCCC1. The molecule has 0 radical (unpaired) electrons. The van der Waals surface area contributed by atoms with Crippen LogP contribution in [0, 0.1) is 5.41 Å². The Bertz CT molecular complexity index is 606. The first-order valence-electron chi connectivity index (χ1n) is 7.83. The van der Waals surface area contributed by atoms with Gasteiger partial charge in [0.05, 0.1) is 16.7 Å². The molecule has 1 fully saturated rings. The van der Waals surface area contributed by atoms with E-state index in [0.717, 1.165) is 19.3 Å². The summed E-state index contributed by atoms with van der Waals surface area (Å²) in [5, 5.41) is 14.7. The Morgan fingerprint density at radius 2 is 1.78 bits per heavy atom. The maximum Gasteiger partial charge on any atom is 0.310 e. The van der Waals surface area contributed by atoms with Gasteiger partial charge in [-0.25, -0.2) is 0 Å². The fourth-order valence-corrected chi connectivity index (χ4v) is 3.12. The topological polar surface area (TPSA) is 95.5 Å². The van der Waals surface area contributed by atoms with Crippen molar-refractivity contribution in [3.05, 3.63) is 29.8 Å². The zero-order valence-corrected chi connectivity index (χ0v) is 13.2. The van der Waals surface area contributed by atoms with Gasteiger partial charge >= 0.3 is 5.97 Å². The standard InChI is InChI=1S/C17H22N2O4/c1-18-15(21)12-7-3-4-8-13(12)19-14(20)11-17(16(22)23)9-5-2-6-10-17/h3-4,7-8H,2,5-6,9-11H2,1H3,(H,18,21)(H,19,20)(H,22,23). The van der Waals surface area contributed by atoms with Gasteiger partial charge in [0.15, 0.2) is 0 Å². The summed E-state index contributed by atoms with van der Waals surface area (Å²) in [5.41, 5.74) is -0.228. The summed E-state index contributed by atoms with van der Waals surface area (Å²) in [4.78, 5) is 35.8. The molecule has 124 valence electrons. The highest BCUT2D eigenvalue weighted by atomic mass is 16.4. The molecule has 0 bridgehead atoms. The number of para-hydroxylation sites is 1. The monoisotopic (exact) mass is 318 g/mol. The van der Waals surface area contributed by atoms with Crippen LogP contribution in [-0.4, -0.2) is 29.9 Å². The molecular formula is C17H22N2O4. The van der Waals surface area contributed by atoms with Gasteiger partial charge in [0.2, 0.25) is 5.91 Å². The number of carboxylic acids is 1. The lowest BCUT2D eigenvalue weighted by Crippen LogP contribution is -2.37. The molecule has 0 saturated heterocycles. The Balaban J connectivity index is 2.13. The molecule has 1 aromatic rings. The van der Waals surface area contributed by atoms with Crippen LogP contribution in [0.1, 0.15) is 48.9 Å². The molecule has 3 N–H and O–H groups in total. The Kier molecular flexibility index (Phi) is 5.36. The van der Waals surface area contributed by atoms with Crippen LogP contribution in [0.15, 0.2) is 24.3 Å². The minimum Gasteiger partial charge on any atom is -0.481 e.